The topological polar surface area (TPSA) is 78.9 Å². The summed E-state index contributed by atoms with van der Waals surface area (Å²) in [4.78, 5) is 38.2. The molecule has 0 saturated carbocycles. The number of carbonyl (C=O) groups is 3. The number of rotatable bonds is 55. The van der Waals surface area contributed by atoms with E-state index in [1.54, 1.807) is 0 Å². The quantitative estimate of drug-likeness (QED) is 0.0261. The first-order chi connectivity index (χ1) is 39.5. The van der Waals surface area contributed by atoms with E-state index in [1.807, 2.05) is 0 Å². The van der Waals surface area contributed by atoms with Crippen molar-refractivity contribution in [1.82, 2.24) is 0 Å². The normalized spacial score (nSPS) is 13.4. The average molecular weight is 1100 g/mol. The highest BCUT2D eigenvalue weighted by atomic mass is 16.6. The second kappa shape index (κ2) is 66.0. The van der Waals surface area contributed by atoms with Crippen LogP contribution in [0.25, 0.3) is 0 Å². The molecule has 0 N–H and O–H groups in total. The van der Waals surface area contributed by atoms with E-state index in [4.69, 9.17) is 14.2 Å². The highest BCUT2D eigenvalue weighted by molar-refractivity contribution is 5.71. The van der Waals surface area contributed by atoms with Gasteiger partial charge in [-0.25, -0.2) is 0 Å². The summed E-state index contributed by atoms with van der Waals surface area (Å²) in [6.45, 7) is 6.31. The molecule has 1 atom stereocenters. The van der Waals surface area contributed by atoms with Gasteiger partial charge < -0.3 is 14.2 Å². The van der Waals surface area contributed by atoms with Gasteiger partial charge in [-0.3, -0.25) is 14.4 Å². The fourth-order valence-electron chi connectivity index (χ4n) is 7.92. The number of unbranched alkanes of at least 4 members (excludes halogenated alkanes) is 14. The first-order valence-corrected chi connectivity index (χ1v) is 31.8. The lowest BCUT2D eigenvalue weighted by Crippen LogP contribution is -2.30. The maximum absolute atomic E-state index is 12.9. The molecule has 0 aromatic rings. The Balaban J connectivity index is 4.45. The molecule has 0 amide bonds. The van der Waals surface area contributed by atoms with Crippen LogP contribution in [0.2, 0.25) is 0 Å². The summed E-state index contributed by atoms with van der Waals surface area (Å²) in [6.07, 6.45) is 99.0. The Labute approximate surface area is 491 Å². The van der Waals surface area contributed by atoms with Gasteiger partial charge >= 0.3 is 17.9 Å². The second-order valence-corrected chi connectivity index (χ2v) is 20.2. The van der Waals surface area contributed by atoms with Gasteiger partial charge in [0.2, 0.25) is 0 Å². The van der Waals surface area contributed by atoms with E-state index in [0.717, 1.165) is 148 Å². The predicted molar refractivity (Wildman–Crippen MR) is 348 cm³/mol. The Morgan fingerprint density at radius 1 is 0.263 bits per heavy atom. The van der Waals surface area contributed by atoms with Crippen LogP contribution in [0.1, 0.15) is 245 Å². The van der Waals surface area contributed by atoms with Crippen LogP contribution >= 0.6 is 0 Å². The Kier molecular flexibility index (Phi) is 61.5. The Morgan fingerprint density at radius 2 is 0.487 bits per heavy atom. The van der Waals surface area contributed by atoms with Gasteiger partial charge in [0.1, 0.15) is 13.2 Å². The summed E-state index contributed by atoms with van der Waals surface area (Å²) in [6, 6.07) is 0. The number of hydrogen-bond donors (Lipinski definition) is 0. The van der Waals surface area contributed by atoms with E-state index < -0.39 is 6.10 Å². The molecule has 0 aliphatic carbocycles. The molecular formula is C74H114O6. The molecule has 446 valence electrons. The van der Waals surface area contributed by atoms with Crippen LogP contribution in [0.5, 0.6) is 0 Å². The maximum Gasteiger partial charge on any atom is 0.306 e. The van der Waals surface area contributed by atoms with Crippen molar-refractivity contribution < 1.29 is 28.6 Å². The van der Waals surface area contributed by atoms with Crippen LogP contribution in [0.4, 0.5) is 0 Å². The Morgan fingerprint density at radius 3 is 0.800 bits per heavy atom. The monoisotopic (exact) mass is 1100 g/mol. The number of esters is 3. The van der Waals surface area contributed by atoms with Crippen molar-refractivity contribution in [3.05, 3.63) is 182 Å². The van der Waals surface area contributed by atoms with Crippen LogP contribution in [-0.4, -0.2) is 37.2 Å². The molecule has 0 aliphatic heterocycles. The first kappa shape index (κ1) is 74.5. The molecule has 6 nitrogen and oxygen atoms in total. The lowest BCUT2D eigenvalue weighted by molar-refractivity contribution is -0.167. The number of ether oxygens (including phenoxy) is 3. The minimum absolute atomic E-state index is 0.121. The number of carbonyl (C=O) groups excluding carboxylic acids is 3. The smallest absolute Gasteiger partial charge is 0.306 e. The first-order valence-electron chi connectivity index (χ1n) is 31.8. The third-order valence-corrected chi connectivity index (χ3v) is 12.6. The van der Waals surface area contributed by atoms with Crippen molar-refractivity contribution in [2.75, 3.05) is 13.2 Å². The second-order valence-electron chi connectivity index (χ2n) is 20.2. The van der Waals surface area contributed by atoms with Crippen LogP contribution in [-0.2, 0) is 28.6 Å². The zero-order chi connectivity index (χ0) is 57.8. The van der Waals surface area contributed by atoms with E-state index in [9.17, 15) is 14.4 Å². The molecule has 0 aromatic carbocycles. The third kappa shape index (κ3) is 63.3. The third-order valence-electron chi connectivity index (χ3n) is 12.6. The van der Waals surface area contributed by atoms with Gasteiger partial charge in [-0.15, -0.1) is 0 Å². The standard InChI is InChI=1S/C74H114O6/c1-4-7-10-13-16-19-22-25-28-29-30-31-32-33-34-35-36-37-38-39-40-41-42-43-44-45-47-49-52-55-58-61-64-67-73(76)79-70-71(69-78-72(75)66-63-60-57-54-51-48-27-24-21-18-15-12-9-6-3)80-74(77)68-65-62-59-56-53-50-46-26-23-20-17-14-11-8-5-2/h7-8,10-11,16-17,19-20,24-28,30-31,33-34,36-37,39-40,42-43,45-47,52-53,55-56,71H,4-6,9,12-15,18,21-23,29,32,35,38,41,44,48-51,54,57-70H2,1-3H3/b10-7-,11-8-,19-16-,20-17-,27-24-,28-25-,31-30-,34-33-,37-36-,40-39-,43-42-,46-26-,47-45-,55-52-,56-53-. The van der Waals surface area contributed by atoms with Crippen molar-refractivity contribution in [3.63, 3.8) is 0 Å². The molecule has 0 aliphatic rings. The maximum atomic E-state index is 12.9. The van der Waals surface area contributed by atoms with E-state index in [0.29, 0.717) is 19.3 Å². The highest BCUT2D eigenvalue weighted by Gasteiger charge is 2.19. The van der Waals surface area contributed by atoms with Gasteiger partial charge in [-0.1, -0.05) is 248 Å². The molecule has 0 rings (SSSR count). The summed E-state index contributed by atoms with van der Waals surface area (Å²) >= 11 is 0. The highest BCUT2D eigenvalue weighted by Crippen LogP contribution is 2.12. The van der Waals surface area contributed by atoms with E-state index in [2.05, 4.69) is 203 Å². The van der Waals surface area contributed by atoms with Gasteiger partial charge in [0.25, 0.3) is 0 Å². The van der Waals surface area contributed by atoms with E-state index >= 15 is 0 Å². The molecule has 6 heteroatoms. The van der Waals surface area contributed by atoms with Crippen LogP contribution < -0.4 is 0 Å². The predicted octanol–water partition coefficient (Wildman–Crippen LogP) is 22.0. The summed E-state index contributed by atoms with van der Waals surface area (Å²) < 4.78 is 16.8. The van der Waals surface area contributed by atoms with E-state index in [1.165, 1.54) is 44.9 Å². The molecule has 0 spiro atoms. The van der Waals surface area contributed by atoms with Gasteiger partial charge in [-0.2, -0.15) is 0 Å². The van der Waals surface area contributed by atoms with Crippen LogP contribution in [0.3, 0.4) is 0 Å². The average Bonchev–Trinajstić information content (AvgIpc) is 3.46. The Hall–Kier alpha value is -5.49. The van der Waals surface area contributed by atoms with Crippen molar-refractivity contribution in [1.29, 1.82) is 0 Å². The van der Waals surface area contributed by atoms with Gasteiger partial charge in [0.15, 0.2) is 6.10 Å². The molecule has 80 heavy (non-hydrogen) atoms. The summed E-state index contributed by atoms with van der Waals surface area (Å²) in [5.41, 5.74) is 0. The summed E-state index contributed by atoms with van der Waals surface area (Å²) in [7, 11) is 0. The molecule has 0 fully saturated rings. The van der Waals surface area contributed by atoms with Crippen molar-refractivity contribution in [2.45, 2.75) is 252 Å². The van der Waals surface area contributed by atoms with Gasteiger partial charge in [0, 0.05) is 19.3 Å². The largest absolute Gasteiger partial charge is 0.462 e. The summed E-state index contributed by atoms with van der Waals surface area (Å²) in [5.74, 6) is -1.03. The van der Waals surface area contributed by atoms with Crippen molar-refractivity contribution in [2.24, 2.45) is 0 Å². The molecule has 0 aromatic heterocycles. The Bertz CT molecular complexity index is 1890. The molecule has 0 bridgehead atoms. The molecular weight excluding hydrogens is 985 g/mol. The molecule has 1 unspecified atom stereocenters. The minimum atomic E-state index is -0.831. The zero-order valence-electron chi connectivity index (χ0n) is 51.0. The SMILES string of the molecule is CC/C=C\C/C=C\C/C=C\C/C=C\C/C=C\C/C=C\C/C=C\C/C=C\C/C=C\C/C=C\CCCCC(=O)OCC(COC(=O)CCCCCCC/C=C\CCCCCCC)OC(=O)CCCC/C=C\C/C=C\C/C=C\C/C=C\CC. The number of hydrogen-bond acceptors (Lipinski definition) is 6. The van der Waals surface area contributed by atoms with E-state index in [-0.39, 0.29) is 44.0 Å². The molecule has 0 heterocycles. The van der Waals surface area contributed by atoms with Crippen molar-refractivity contribution >= 4 is 17.9 Å². The van der Waals surface area contributed by atoms with Gasteiger partial charge in [-0.05, 0) is 161 Å². The molecule has 0 radical (unpaired) electrons. The minimum Gasteiger partial charge on any atom is -0.462 e. The van der Waals surface area contributed by atoms with Crippen LogP contribution in [0.15, 0.2) is 182 Å². The number of allylic oxidation sites excluding steroid dienone is 30. The zero-order valence-corrected chi connectivity index (χ0v) is 51.0. The lowest BCUT2D eigenvalue weighted by atomic mass is 10.1. The molecule has 0 saturated heterocycles. The van der Waals surface area contributed by atoms with Crippen LogP contribution in [0, 0.1) is 0 Å². The summed E-state index contributed by atoms with van der Waals surface area (Å²) in [5, 5.41) is 0. The lowest BCUT2D eigenvalue weighted by Gasteiger charge is -2.18. The fraction of sp³-hybridized carbons (Fsp3) is 0.554. The van der Waals surface area contributed by atoms with Gasteiger partial charge in [0.05, 0.1) is 0 Å². The van der Waals surface area contributed by atoms with Crippen molar-refractivity contribution in [3.8, 4) is 0 Å². The fourth-order valence-corrected chi connectivity index (χ4v) is 7.92.